The summed E-state index contributed by atoms with van der Waals surface area (Å²) in [6.45, 7) is 3.36. The molecule has 0 spiro atoms. The van der Waals surface area contributed by atoms with Gasteiger partial charge in [-0.1, -0.05) is 22.6 Å². The number of hydrogen-bond acceptors (Lipinski definition) is 3. The molecule has 0 aliphatic carbocycles. The first-order chi connectivity index (χ1) is 7.35. The predicted octanol–water partition coefficient (Wildman–Crippen LogP) is 2.17. The van der Waals surface area contributed by atoms with E-state index in [0.29, 0.717) is 6.10 Å². The van der Waals surface area contributed by atoms with E-state index >= 15 is 0 Å². The molecule has 2 saturated heterocycles. The van der Waals surface area contributed by atoms with E-state index in [1.165, 1.54) is 6.42 Å². The van der Waals surface area contributed by atoms with Crippen LogP contribution in [0.2, 0.25) is 0 Å². The Morgan fingerprint density at radius 3 is 2.67 bits per heavy atom. The zero-order chi connectivity index (χ0) is 10.6. The lowest BCUT2D eigenvalue weighted by atomic mass is 9.96. The number of alkyl halides is 1. The summed E-state index contributed by atoms with van der Waals surface area (Å²) >= 11 is 2.42. The summed E-state index contributed by atoms with van der Waals surface area (Å²) in [5.74, 6) is 0. The van der Waals surface area contributed by atoms with E-state index in [4.69, 9.17) is 14.2 Å². The Hall–Kier alpha value is 0.610. The monoisotopic (exact) mass is 326 g/mol. The first kappa shape index (κ1) is 12.1. The van der Waals surface area contributed by atoms with Crippen LogP contribution in [-0.4, -0.2) is 42.6 Å². The molecule has 2 heterocycles. The average Bonchev–Trinajstić information content (AvgIpc) is 2.81. The van der Waals surface area contributed by atoms with E-state index in [1.807, 2.05) is 0 Å². The lowest BCUT2D eigenvalue weighted by Crippen LogP contribution is -2.42. The molecule has 2 aliphatic rings. The molecule has 0 N–H and O–H groups in total. The van der Waals surface area contributed by atoms with Crippen molar-refractivity contribution in [2.45, 2.75) is 37.4 Å². The van der Waals surface area contributed by atoms with Gasteiger partial charge in [0.15, 0.2) is 0 Å². The van der Waals surface area contributed by atoms with Crippen LogP contribution in [0.1, 0.15) is 25.7 Å². The van der Waals surface area contributed by atoms with Crippen molar-refractivity contribution in [2.75, 3.05) is 30.9 Å². The summed E-state index contributed by atoms with van der Waals surface area (Å²) in [4.78, 5) is 0. The van der Waals surface area contributed by atoms with Gasteiger partial charge >= 0.3 is 0 Å². The second-order valence-corrected chi connectivity index (χ2v) is 5.14. The van der Waals surface area contributed by atoms with Gasteiger partial charge < -0.3 is 14.2 Å². The second-order valence-electron chi connectivity index (χ2n) is 4.38. The standard InChI is InChI=1S/C11H19IO3/c12-9-11(3-6-13-7-4-11)15-8-10-2-1-5-14-10/h10H,1-9H2. The first-order valence-electron chi connectivity index (χ1n) is 5.74. The normalized spacial score (nSPS) is 30.6. The van der Waals surface area contributed by atoms with E-state index in [1.54, 1.807) is 0 Å². The number of rotatable bonds is 4. The molecule has 0 radical (unpaired) electrons. The van der Waals surface area contributed by atoms with Gasteiger partial charge in [0, 0.05) is 37.1 Å². The molecule has 0 aromatic carbocycles. The van der Waals surface area contributed by atoms with Gasteiger partial charge in [-0.05, 0) is 12.8 Å². The minimum Gasteiger partial charge on any atom is -0.381 e. The summed E-state index contributed by atoms with van der Waals surface area (Å²) in [6.07, 6.45) is 4.75. The van der Waals surface area contributed by atoms with E-state index < -0.39 is 0 Å². The summed E-state index contributed by atoms with van der Waals surface area (Å²) in [5.41, 5.74) is 0.0603. The maximum Gasteiger partial charge on any atom is 0.0816 e. The molecule has 2 rings (SSSR count). The van der Waals surface area contributed by atoms with Crippen LogP contribution in [0.5, 0.6) is 0 Å². The van der Waals surface area contributed by atoms with E-state index in [2.05, 4.69) is 22.6 Å². The maximum atomic E-state index is 6.09. The molecule has 0 amide bonds. The van der Waals surface area contributed by atoms with Crippen LogP contribution in [0.3, 0.4) is 0 Å². The Balaban J connectivity index is 1.78. The Morgan fingerprint density at radius 2 is 2.07 bits per heavy atom. The number of halogens is 1. The fourth-order valence-electron chi connectivity index (χ4n) is 2.11. The summed E-state index contributed by atoms with van der Waals surface area (Å²) in [7, 11) is 0. The molecular weight excluding hydrogens is 307 g/mol. The van der Waals surface area contributed by atoms with Crippen LogP contribution in [0.25, 0.3) is 0 Å². The van der Waals surface area contributed by atoms with Gasteiger partial charge in [-0.25, -0.2) is 0 Å². The third-order valence-electron chi connectivity index (χ3n) is 3.25. The Labute approximate surface area is 105 Å². The molecular formula is C11H19IO3. The van der Waals surface area contributed by atoms with Gasteiger partial charge in [0.2, 0.25) is 0 Å². The minimum absolute atomic E-state index is 0.0603. The largest absolute Gasteiger partial charge is 0.381 e. The van der Waals surface area contributed by atoms with Crippen molar-refractivity contribution in [2.24, 2.45) is 0 Å². The highest BCUT2D eigenvalue weighted by Crippen LogP contribution is 2.28. The average molecular weight is 326 g/mol. The van der Waals surface area contributed by atoms with Crippen LogP contribution in [-0.2, 0) is 14.2 Å². The highest BCUT2D eigenvalue weighted by atomic mass is 127. The molecule has 4 heteroatoms. The lowest BCUT2D eigenvalue weighted by molar-refractivity contribution is -0.117. The molecule has 0 aromatic rings. The maximum absolute atomic E-state index is 6.09. The molecule has 88 valence electrons. The molecule has 0 saturated carbocycles. The van der Waals surface area contributed by atoms with Gasteiger partial charge in [0.25, 0.3) is 0 Å². The zero-order valence-corrected chi connectivity index (χ0v) is 11.2. The van der Waals surface area contributed by atoms with E-state index in [-0.39, 0.29) is 5.60 Å². The van der Waals surface area contributed by atoms with Gasteiger partial charge in [-0.15, -0.1) is 0 Å². The van der Waals surface area contributed by atoms with Crippen molar-refractivity contribution in [1.29, 1.82) is 0 Å². The fourth-order valence-corrected chi connectivity index (χ4v) is 3.09. The molecule has 1 atom stereocenters. The van der Waals surface area contributed by atoms with Crippen molar-refractivity contribution >= 4 is 22.6 Å². The quantitative estimate of drug-likeness (QED) is 0.585. The highest BCUT2D eigenvalue weighted by Gasteiger charge is 2.33. The number of hydrogen-bond donors (Lipinski definition) is 0. The van der Waals surface area contributed by atoms with Crippen molar-refractivity contribution in [3.63, 3.8) is 0 Å². The first-order valence-corrected chi connectivity index (χ1v) is 7.26. The smallest absolute Gasteiger partial charge is 0.0816 e. The van der Waals surface area contributed by atoms with Crippen LogP contribution in [0.4, 0.5) is 0 Å². The molecule has 2 fully saturated rings. The third kappa shape index (κ3) is 3.28. The van der Waals surface area contributed by atoms with Gasteiger partial charge in [0.1, 0.15) is 0 Å². The fraction of sp³-hybridized carbons (Fsp3) is 1.00. The zero-order valence-electron chi connectivity index (χ0n) is 9.04. The lowest BCUT2D eigenvalue weighted by Gasteiger charge is -2.36. The topological polar surface area (TPSA) is 27.7 Å². The number of ether oxygens (including phenoxy) is 3. The molecule has 2 aliphatic heterocycles. The summed E-state index contributed by atoms with van der Waals surface area (Å²) < 4.78 is 18.1. The van der Waals surface area contributed by atoms with Crippen molar-refractivity contribution in [3.8, 4) is 0 Å². The minimum atomic E-state index is 0.0603. The van der Waals surface area contributed by atoms with Crippen LogP contribution < -0.4 is 0 Å². The SMILES string of the molecule is ICC1(OCC2CCCO2)CCOCC1. The van der Waals surface area contributed by atoms with Gasteiger partial charge in [-0.2, -0.15) is 0 Å². The van der Waals surface area contributed by atoms with E-state index in [0.717, 1.165) is 50.1 Å². The summed E-state index contributed by atoms with van der Waals surface area (Å²) in [6, 6.07) is 0. The van der Waals surface area contributed by atoms with Gasteiger partial charge in [0.05, 0.1) is 18.3 Å². The van der Waals surface area contributed by atoms with Crippen LogP contribution in [0.15, 0.2) is 0 Å². The molecule has 1 unspecified atom stereocenters. The molecule has 15 heavy (non-hydrogen) atoms. The molecule has 0 bridgehead atoms. The molecule has 3 nitrogen and oxygen atoms in total. The third-order valence-corrected chi connectivity index (χ3v) is 4.64. The van der Waals surface area contributed by atoms with Crippen molar-refractivity contribution < 1.29 is 14.2 Å². The van der Waals surface area contributed by atoms with Gasteiger partial charge in [-0.3, -0.25) is 0 Å². The highest BCUT2D eigenvalue weighted by molar-refractivity contribution is 14.1. The van der Waals surface area contributed by atoms with Crippen molar-refractivity contribution in [3.05, 3.63) is 0 Å². The summed E-state index contributed by atoms with van der Waals surface area (Å²) in [5, 5.41) is 0. The van der Waals surface area contributed by atoms with E-state index in [9.17, 15) is 0 Å². The molecule has 0 aromatic heterocycles. The second kappa shape index (κ2) is 5.80. The Bertz CT molecular complexity index is 186. The predicted molar refractivity (Wildman–Crippen MR) is 66.6 cm³/mol. The van der Waals surface area contributed by atoms with Crippen molar-refractivity contribution in [1.82, 2.24) is 0 Å². The van der Waals surface area contributed by atoms with Crippen LogP contribution in [0, 0.1) is 0 Å². The van der Waals surface area contributed by atoms with Crippen LogP contribution >= 0.6 is 22.6 Å². The Morgan fingerprint density at radius 1 is 1.27 bits per heavy atom. The Kier molecular flexibility index (Phi) is 4.67.